The van der Waals surface area contributed by atoms with E-state index in [4.69, 9.17) is 14.2 Å². The van der Waals surface area contributed by atoms with E-state index in [1.807, 2.05) is 6.08 Å². The van der Waals surface area contributed by atoms with Crippen molar-refractivity contribution >= 4 is 11.9 Å². The number of hydrogen-bond donors (Lipinski definition) is 6. The third-order valence-corrected chi connectivity index (χ3v) is 16.4. The molecule has 11 nitrogen and oxygen atoms in total. The second-order valence-corrected chi connectivity index (χ2v) is 24.3. The molecule has 83 heavy (non-hydrogen) atoms. The molecular weight excluding hydrogens is 1040 g/mol. The maximum atomic E-state index is 13.5. The zero-order chi connectivity index (χ0) is 60.3. The highest BCUT2D eigenvalue weighted by atomic mass is 16.7. The molecule has 1 heterocycles. The standard InChI is InChI=1S/C72H131NO10/c1-4-7-10-13-16-19-22-25-27-29-31-33-35-37-39-42-45-48-51-54-57-60-67(77)83-70-69(79)68(78)66(61-74)82-72(70)81-62-63(64(75)58-55-52-49-46-43-40-24-21-18-15-12-9-6-3)73-71(80)65(76)59-56-53-50-47-44-41-38-36-34-32-30-28-26-23-20-17-14-11-8-5-2/h17,20,26,28,32,34,38,41,55,58,63-66,68-70,72,74-76,78-79H,4-16,18-19,21-25,27,29-31,33,35-37,39-40,42-54,56-57,59-62H2,1-3H3,(H,73,80)/b20-17-,28-26-,34-32-,41-38-,58-55+. The number of ether oxygens (including phenoxy) is 3. The number of allylic oxidation sites excluding steroid dienone is 9. The van der Waals surface area contributed by atoms with Crippen LogP contribution < -0.4 is 5.32 Å². The van der Waals surface area contributed by atoms with Gasteiger partial charge in [0.05, 0.1) is 25.4 Å². The van der Waals surface area contributed by atoms with Crippen molar-refractivity contribution in [2.75, 3.05) is 13.2 Å². The Balaban J connectivity index is 2.63. The molecule has 1 aliphatic heterocycles. The molecule has 0 spiro atoms. The zero-order valence-corrected chi connectivity index (χ0v) is 53.8. The van der Waals surface area contributed by atoms with Crippen LogP contribution in [0.4, 0.5) is 0 Å². The molecule has 1 amide bonds. The van der Waals surface area contributed by atoms with Crippen molar-refractivity contribution in [3.05, 3.63) is 60.8 Å². The van der Waals surface area contributed by atoms with Gasteiger partial charge in [0.2, 0.25) is 5.91 Å². The van der Waals surface area contributed by atoms with Gasteiger partial charge >= 0.3 is 5.97 Å². The molecule has 0 aromatic heterocycles. The molecule has 0 radical (unpaired) electrons. The number of esters is 1. The van der Waals surface area contributed by atoms with Crippen molar-refractivity contribution in [3.8, 4) is 0 Å². The Hall–Kier alpha value is -2.64. The summed E-state index contributed by atoms with van der Waals surface area (Å²) in [4.78, 5) is 26.7. The first-order valence-electron chi connectivity index (χ1n) is 35.1. The van der Waals surface area contributed by atoms with E-state index in [1.54, 1.807) is 6.08 Å². The highest BCUT2D eigenvalue weighted by Crippen LogP contribution is 2.26. The summed E-state index contributed by atoms with van der Waals surface area (Å²) in [6, 6.07) is -1.04. The Morgan fingerprint density at radius 3 is 1.27 bits per heavy atom. The predicted molar refractivity (Wildman–Crippen MR) is 347 cm³/mol. The fourth-order valence-corrected chi connectivity index (χ4v) is 10.9. The SMILES string of the molecule is CCCCC/C=C\C/C=C\C/C=C\C/C=C\CCCCCCC(O)C(=O)NC(COC1OC(CO)C(O)C(O)C1OC(=O)CCCCCCCCCCCCCCCCCCCCCCC)C(O)/C=C/CCCCCCCCCCCCC. The molecule has 8 atom stereocenters. The lowest BCUT2D eigenvalue weighted by Crippen LogP contribution is -2.61. The summed E-state index contributed by atoms with van der Waals surface area (Å²) in [6.07, 6.45) is 65.4. The van der Waals surface area contributed by atoms with Crippen LogP contribution in [-0.2, 0) is 23.8 Å². The Labute approximate surface area is 509 Å². The average molecular weight is 1170 g/mol. The fourth-order valence-electron chi connectivity index (χ4n) is 10.9. The van der Waals surface area contributed by atoms with Crippen LogP contribution in [0.15, 0.2) is 60.8 Å². The summed E-state index contributed by atoms with van der Waals surface area (Å²) >= 11 is 0. The van der Waals surface area contributed by atoms with Crippen molar-refractivity contribution in [3.63, 3.8) is 0 Å². The minimum Gasteiger partial charge on any atom is -0.454 e. The number of unbranched alkanes of at least 4 members (excludes halogenated alkanes) is 38. The summed E-state index contributed by atoms with van der Waals surface area (Å²) in [6.45, 7) is 5.79. The summed E-state index contributed by atoms with van der Waals surface area (Å²) < 4.78 is 17.7. The molecule has 1 fully saturated rings. The molecule has 1 aliphatic rings. The minimum atomic E-state index is -1.62. The van der Waals surface area contributed by atoms with Crippen molar-refractivity contribution in [2.24, 2.45) is 0 Å². The van der Waals surface area contributed by atoms with E-state index in [1.165, 1.54) is 193 Å². The Kier molecular flexibility index (Phi) is 56.4. The van der Waals surface area contributed by atoms with Gasteiger partial charge in [0, 0.05) is 6.42 Å². The molecule has 8 unspecified atom stereocenters. The normalized spacial score (nSPS) is 18.9. The summed E-state index contributed by atoms with van der Waals surface area (Å²) in [5, 5.41) is 57.2. The smallest absolute Gasteiger partial charge is 0.306 e. The van der Waals surface area contributed by atoms with Crippen molar-refractivity contribution in [2.45, 2.75) is 372 Å². The van der Waals surface area contributed by atoms with Gasteiger partial charge in [-0.2, -0.15) is 0 Å². The third-order valence-electron chi connectivity index (χ3n) is 16.4. The maximum absolute atomic E-state index is 13.5. The molecule has 484 valence electrons. The van der Waals surface area contributed by atoms with Gasteiger partial charge in [0.25, 0.3) is 0 Å². The number of aliphatic hydroxyl groups is 5. The highest BCUT2D eigenvalue weighted by Gasteiger charge is 2.47. The Bertz CT molecular complexity index is 1580. The topological polar surface area (TPSA) is 175 Å². The van der Waals surface area contributed by atoms with Crippen LogP contribution in [0, 0.1) is 0 Å². The second-order valence-electron chi connectivity index (χ2n) is 24.3. The average Bonchev–Trinajstić information content (AvgIpc) is 3.54. The minimum absolute atomic E-state index is 0.124. The summed E-state index contributed by atoms with van der Waals surface area (Å²) in [5.41, 5.74) is 0. The fraction of sp³-hybridized carbons (Fsp3) is 0.833. The molecule has 0 saturated carbocycles. The van der Waals surface area contributed by atoms with E-state index in [2.05, 4.69) is 74.7 Å². The van der Waals surface area contributed by atoms with Gasteiger partial charge in [-0.15, -0.1) is 0 Å². The van der Waals surface area contributed by atoms with Crippen LogP contribution in [0.5, 0.6) is 0 Å². The van der Waals surface area contributed by atoms with Crippen LogP contribution in [0.2, 0.25) is 0 Å². The first-order chi connectivity index (χ1) is 40.7. The van der Waals surface area contributed by atoms with Crippen molar-refractivity contribution in [1.29, 1.82) is 0 Å². The van der Waals surface area contributed by atoms with Crippen molar-refractivity contribution in [1.82, 2.24) is 5.32 Å². The molecule has 0 aromatic rings. The zero-order valence-electron chi connectivity index (χ0n) is 53.8. The van der Waals surface area contributed by atoms with Crippen LogP contribution in [0.25, 0.3) is 0 Å². The number of carbonyl (C=O) groups is 2. The molecular formula is C72H131NO10. The first-order valence-corrected chi connectivity index (χ1v) is 35.1. The molecule has 6 N–H and O–H groups in total. The van der Waals surface area contributed by atoms with Gasteiger partial charge in [-0.25, -0.2) is 0 Å². The van der Waals surface area contributed by atoms with Gasteiger partial charge in [-0.05, 0) is 70.6 Å². The number of carbonyl (C=O) groups excluding carboxylic acids is 2. The van der Waals surface area contributed by atoms with Crippen LogP contribution >= 0.6 is 0 Å². The van der Waals surface area contributed by atoms with E-state index in [0.717, 1.165) is 83.5 Å². The summed E-state index contributed by atoms with van der Waals surface area (Å²) in [5.74, 6) is -1.20. The Morgan fingerprint density at radius 1 is 0.470 bits per heavy atom. The van der Waals surface area contributed by atoms with E-state index in [-0.39, 0.29) is 19.4 Å². The molecule has 11 heteroatoms. The maximum Gasteiger partial charge on any atom is 0.306 e. The number of nitrogens with one attached hydrogen (secondary N) is 1. The quantitative estimate of drug-likeness (QED) is 0.0195. The number of rotatable bonds is 60. The van der Waals surface area contributed by atoms with Gasteiger partial charge in [0.15, 0.2) is 12.4 Å². The lowest BCUT2D eigenvalue weighted by molar-refractivity contribution is -0.305. The van der Waals surface area contributed by atoms with Gasteiger partial charge in [-0.1, -0.05) is 306 Å². The number of amides is 1. The monoisotopic (exact) mass is 1170 g/mol. The van der Waals surface area contributed by atoms with Crippen molar-refractivity contribution < 1.29 is 49.3 Å². The van der Waals surface area contributed by atoms with Gasteiger partial charge in [0.1, 0.15) is 24.4 Å². The number of aliphatic hydroxyl groups excluding tert-OH is 5. The Morgan fingerprint density at radius 2 is 0.831 bits per heavy atom. The molecule has 1 saturated heterocycles. The van der Waals surface area contributed by atoms with Gasteiger partial charge in [-0.3, -0.25) is 9.59 Å². The molecule has 1 rings (SSSR count). The highest BCUT2D eigenvalue weighted by molar-refractivity contribution is 5.80. The largest absolute Gasteiger partial charge is 0.454 e. The molecule has 0 bridgehead atoms. The van der Waals surface area contributed by atoms with E-state index in [9.17, 15) is 35.1 Å². The van der Waals surface area contributed by atoms with E-state index in [0.29, 0.717) is 12.8 Å². The lowest BCUT2D eigenvalue weighted by atomic mass is 9.99. The molecule has 0 aliphatic carbocycles. The van der Waals surface area contributed by atoms with E-state index < -0.39 is 67.4 Å². The van der Waals surface area contributed by atoms with Crippen LogP contribution in [-0.4, -0.2) is 99.6 Å². The second kappa shape index (κ2) is 59.7. The molecule has 0 aromatic carbocycles. The van der Waals surface area contributed by atoms with Gasteiger partial charge < -0.3 is 45.1 Å². The lowest BCUT2D eigenvalue weighted by Gasteiger charge is -2.41. The number of hydrogen-bond acceptors (Lipinski definition) is 10. The van der Waals surface area contributed by atoms with Crippen LogP contribution in [0.1, 0.15) is 323 Å². The third kappa shape index (κ3) is 47.2. The van der Waals surface area contributed by atoms with Crippen LogP contribution in [0.3, 0.4) is 0 Å². The summed E-state index contributed by atoms with van der Waals surface area (Å²) in [7, 11) is 0. The first kappa shape index (κ1) is 78.4. The predicted octanol–water partition coefficient (Wildman–Crippen LogP) is 17.7. The van der Waals surface area contributed by atoms with E-state index >= 15 is 0 Å².